The van der Waals surface area contributed by atoms with Crippen LogP contribution in [-0.4, -0.2) is 47.9 Å². The number of fused-ring (bicyclic) bond motifs is 7. The van der Waals surface area contributed by atoms with E-state index in [-0.39, 0.29) is 57.0 Å². The summed E-state index contributed by atoms with van der Waals surface area (Å²) in [4.78, 5) is 42.5. The minimum atomic E-state index is -0.322. The van der Waals surface area contributed by atoms with Gasteiger partial charge >= 0.3 is 5.97 Å². The van der Waals surface area contributed by atoms with Crippen molar-refractivity contribution in [3.63, 3.8) is 0 Å². The summed E-state index contributed by atoms with van der Waals surface area (Å²) < 4.78 is 5.96. The van der Waals surface area contributed by atoms with Crippen molar-refractivity contribution in [3.8, 4) is 0 Å². The molecule has 0 spiro atoms. The molecule has 6 saturated carbocycles. The smallest absolute Gasteiger partial charge is 0.302 e. The highest BCUT2D eigenvalue weighted by atomic mass is 16.5. The summed E-state index contributed by atoms with van der Waals surface area (Å²) in [6.07, 6.45) is 15.4. The highest BCUT2D eigenvalue weighted by Crippen LogP contribution is 2.74. The summed E-state index contributed by atoms with van der Waals surface area (Å²) >= 11 is 0. The number of ether oxygens (including phenoxy) is 1. The van der Waals surface area contributed by atoms with E-state index < -0.39 is 0 Å². The lowest BCUT2D eigenvalue weighted by Crippen LogP contribution is -2.66. The number of amides is 2. The molecule has 49 heavy (non-hydrogen) atoms. The molecule has 0 aromatic carbocycles. The van der Waals surface area contributed by atoms with E-state index in [1.165, 1.54) is 37.7 Å². The van der Waals surface area contributed by atoms with Crippen molar-refractivity contribution in [2.24, 2.45) is 68.5 Å². The fraction of sp³-hybridized carbons (Fsp3) is 0.884. The molecule has 0 bridgehead atoms. The number of hydrogen-bond donors (Lipinski definition) is 1. The zero-order valence-electron chi connectivity index (χ0n) is 32.3. The number of carbonyl (C=O) groups is 3. The third kappa shape index (κ3) is 5.23. The predicted molar refractivity (Wildman–Crippen MR) is 194 cm³/mol. The van der Waals surface area contributed by atoms with Crippen LogP contribution < -0.4 is 5.32 Å². The normalized spacial score (nSPS) is 46.5. The van der Waals surface area contributed by atoms with E-state index in [4.69, 9.17) is 4.74 Å². The molecule has 0 radical (unpaired) electrons. The largest absolute Gasteiger partial charge is 0.462 e. The number of likely N-dealkylation sites (tertiary alicyclic amines) is 1. The molecular formula is C43H68N2O4. The molecule has 6 heteroatoms. The molecule has 0 aromatic heterocycles. The van der Waals surface area contributed by atoms with Gasteiger partial charge in [-0.2, -0.15) is 0 Å². The number of carbonyl (C=O) groups excluding carboxylic acids is 3. The van der Waals surface area contributed by atoms with Crippen molar-refractivity contribution in [3.05, 3.63) is 12.2 Å². The van der Waals surface area contributed by atoms with Crippen LogP contribution >= 0.6 is 0 Å². The van der Waals surface area contributed by atoms with Crippen LogP contribution in [0.4, 0.5) is 0 Å². The molecule has 7 rings (SSSR count). The Balaban J connectivity index is 1.11. The average molecular weight is 677 g/mol. The second-order valence-corrected chi connectivity index (χ2v) is 20.2. The third-order valence-corrected chi connectivity index (χ3v) is 17.5. The first-order chi connectivity index (χ1) is 23.0. The topological polar surface area (TPSA) is 75.7 Å². The van der Waals surface area contributed by atoms with E-state index in [1.807, 2.05) is 0 Å². The Morgan fingerprint density at radius 1 is 0.755 bits per heavy atom. The van der Waals surface area contributed by atoms with Gasteiger partial charge in [-0.25, -0.2) is 0 Å². The van der Waals surface area contributed by atoms with E-state index in [2.05, 4.69) is 65.3 Å². The van der Waals surface area contributed by atoms with Gasteiger partial charge in [-0.1, -0.05) is 53.7 Å². The van der Waals surface area contributed by atoms with Gasteiger partial charge in [0, 0.05) is 37.4 Å². The van der Waals surface area contributed by atoms with Gasteiger partial charge in [0.05, 0.1) is 5.41 Å². The number of esters is 1. The van der Waals surface area contributed by atoms with Gasteiger partial charge in [0.25, 0.3) is 0 Å². The molecule has 0 aromatic rings. The second kappa shape index (κ2) is 12.1. The first-order valence-electron chi connectivity index (χ1n) is 20.4. The van der Waals surface area contributed by atoms with Crippen molar-refractivity contribution in [1.82, 2.24) is 10.2 Å². The maximum Gasteiger partial charge on any atom is 0.302 e. The molecule has 6 nitrogen and oxygen atoms in total. The van der Waals surface area contributed by atoms with Crippen LogP contribution in [0.15, 0.2) is 12.2 Å². The maximum atomic E-state index is 14.8. The highest BCUT2D eigenvalue weighted by molar-refractivity contribution is 5.86. The van der Waals surface area contributed by atoms with Gasteiger partial charge in [0.15, 0.2) is 0 Å². The number of allylic oxidation sites excluding steroid dienone is 1. The first kappa shape index (κ1) is 35.5. The summed E-state index contributed by atoms with van der Waals surface area (Å²) in [6.45, 7) is 24.5. The van der Waals surface area contributed by atoms with Gasteiger partial charge in [-0.15, -0.1) is 0 Å². The lowest BCUT2D eigenvalue weighted by Gasteiger charge is -2.69. The average Bonchev–Trinajstić information content (AvgIpc) is 3.46. The molecule has 1 aliphatic heterocycles. The van der Waals surface area contributed by atoms with Gasteiger partial charge in [-0.05, 0) is 149 Å². The fourth-order valence-electron chi connectivity index (χ4n) is 14.8. The zero-order chi connectivity index (χ0) is 35.3. The van der Waals surface area contributed by atoms with E-state index >= 15 is 0 Å². The Bertz CT molecular complexity index is 1360. The molecule has 2 amide bonds. The predicted octanol–water partition coefficient (Wildman–Crippen LogP) is 8.73. The summed E-state index contributed by atoms with van der Waals surface area (Å²) in [5.41, 5.74) is 1.20. The van der Waals surface area contributed by atoms with Crippen LogP contribution in [0.25, 0.3) is 0 Å². The molecular weight excluding hydrogens is 608 g/mol. The van der Waals surface area contributed by atoms with Crippen LogP contribution in [0.5, 0.6) is 0 Å². The molecule has 7 aliphatic rings. The van der Waals surface area contributed by atoms with Gasteiger partial charge < -0.3 is 15.0 Å². The Hall–Kier alpha value is -1.85. The first-order valence-corrected chi connectivity index (χ1v) is 20.4. The molecule has 6 aliphatic carbocycles. The SMILES string of the molecule is C=C(C)C1CCC2(C(=O)NC3CC(C(=O)N4CCCCC4)C3(C)C)CCC3C(CCC4C3(C)CCC3C(C)(C)C(OC(C)=O)CCC34C)C12. The molecule has 1 heterocycles. The Morgan fingerprint density at radius 3 is 2.08 bits per heavy atom. The summed E-state index contributed by atoms with van der Waals surface area (Å²) in [5, 5.41) is 3.64. The third-order valence-electron chi connectivity index (χ3n) is 17.5. The van der Waals surface area contributed by atoms with Gasteiger partial charge in [0.2, 0.25) is 11.8 Å². The Morgan fingerprint density at radius 2 is 1.43 bits per heavy atom. The highest BCUT2D eigenvalue weighted by Gasteiger charge is 2.69. The van der Waals surface area contributed by atoms with Crippen LogP contribution in [0, 0.1) is 68.5 Å². The van der Waals surface area contributed by atoms with Crippen LogP contribution in [-0.2, 0) is 19.1 Å². The number of hydrogen-bond acceptors (Lipinski definition) is 4. The number of nitrogens with zero attached hydrogens (tertiary/aromatic N) is 1. The van der Waals surface area contributed by atoms with Crippen LogP contribution in [0.2, 0.25) is 0 Å². The number of piperidine rings is 1. The monoisotopic (exact) mass is 677 g/mol. The van der Waals surface area contributed by atoms with Crippen LogP contribution in [0.3, 0.4) is 0 Å². The van der Waals surface area contributed by atoms with Gasteiger partial charge in [0.1, 0.15) is 6.10 Å². The molecule has 1 N–H and O–H groups in total. The molecule has 7 fully saturated rings. The minimum Gasteiger partial charge on any atom is -0.462 e. The standard InChI is InChI=1S/C43H68N2O4/c1-26(2)28-15-21-43(38(48)44-34-25-31(39(34,4)5)37(47)45-23-11-10-12-24-45)22-16-30-29(36(28)43)13-14-33-41(30,8)19-17-32-40(6,7)35(49-27(3)46)18-20-42(32,33)9/h28-36H,1,10-25H2,2-9H3,(H,44,48). The molecule has 1 saturated heterocycles. The van der Waals surface area contributed by atoms with Crippen molar-refractivity contribution < 1.29 is 19.1 Å². The van der Waals surface area contributed by atoms with Crippen molar-refractivity contribution in [2.75, 3.05) is 13.1 Å². The van der Waals surface area contributed by atoms with Crippen LogP contribution in [0.1, 0.15) is 145 Å². The Labute approximate surface area is 297 Å². The Kier molecular flexibility index (Phi) is 8.78. The zero-order valence-corrected chi connectivity index (χ0v) is 32.3. The van der Waals surface area contributed by atoms with Crippen molar-refractivity contribution in [1.29, 1.82) is 0 Å². The summed E-state index contributed by atoms with van der Waals surface area (Å²) in [6, 6.07) is 0.0595. The second-order valence-electron chi connectivity index (χ2n) is 20.2. The van der Waals surface area contributed by atoms with E-state index in [9.17, 15) is 14.4 Å². The number of rotatable bonds is 5. The molecule has 274 valence electrons. The minimum absolute atomic E-state index is 0.00575. The molecule has 12 unspecified atom stereocenters. The van der Waals surface area contributed by atoms with Gasteiger partial charge in [-0.3, -0.25) is 14.4 Å². The quantitative estimate of drug-likeness (QED) is 0.234. The lowest BCUT2D eigenvalue weighted by molar-refractivity contribution is -0.222. The number of nitrogens with one attached hydrogen (secondary N) is 1. The maximum absolute atomic E-state index is 14.8. The molecule has 12 atom stereocenters. The van der Waals surface area contributed by atoms with E-state index in [0.29, 0.717) is 41.4 Å². The lowest BCUT2D eigenvalue weighted by atomic mass is 9.36. The van der Waals surface area contributed by atoms with E-state index in [0.717, 1.165) is 70.9 Å². The van der Waals surface area contributed by atoms with Crippen molar-refractivity contribution >= 4 is 17.8 Å². The summed E-state index contributed by atoms with van der Waals surface area (Å²) in [7, 11) is 0. The fourth-order valence-corrected chi connectivity index (χ4v) is 14.8. The van der Waals surface area contributed by atoms with Crippen molar-refractivity contribution in [2.45, 2.75) is 157 Å². The van der Waals surface area contributed by atoms with E-state index in [1.54, 1.807) is 6.92 Å². The summed E-state index contributed by atoms with van der Waals surface area (Å²) in [5.74, 6) is 3.63.